The fourth-order valence-corrected chi connectivity index (χ4v) is 2.85. The first-order valence-corrected chi connectivity index (χ1v) is 7.14. The Hall–Kier alpha value is -1.79. The molecular weight excluding hydrogens is 306 g/mol. The smallest absolute Gasteiger partial charge is 0.264 e. The monoisotopic (exact) mass is 325 g/mol. The lowest BCUT2D eigenvalue weighted by molar-refractivity contribution is -0.121. The predicted molar refractivity (Wildman–Crippen MR) is 86.5 cm³/mol. The van der Waals surface area contributed by atoms with Gasteiger partial charge < -0.3 is 20.7 Å². The Morgan fingerprint density at radius 3 is 2.86 bits per heavy atom. The molecule has 6 nitrogen and oxygen atoms in total. The van der Waals surface area contributed by atoms with Gasteiger partial charge in [-0.05, 0) is 37.5 Å². The van der Waals surface area contributed by atoms with E-state index in [4.69, 9.17) is 10.5 Å². The van der Waals surface area contributed by atoms with Crippen molar-refractivity contribution in [1.29, 1.82) is 0 Å². The summed E-state index contributed by atoms with van der Waals surface area (Å²) in [6.07, 6.45) is 2.46. The summed E-state index contributed by atoms with van der Waals surface area (Å²) in [7, 11) is 1.70. The molecule has 3 rings (SSSR count). The number of benzene rings is 1. The van der Waals surface area contributed by atoms with Gasteiger partial charge in [-0.2, -0.15) is 0 Å². The van der Waals surface area contributed by atoms with Crippen LogP contribution in [0, 0.1) is 5.92 Å². The second-order valence-electron chi connectivity index (χ2n) is 5.68. The van der Waals surface area contributed by atoms with Gasteiger partial charge in [0.15, 0.2) is 6.61 Å². The van der Waals surface area contributed by atoms with E-state index in [0.717, 1.165) is 19.3 Å². The van der Waals surface area contributed by atoms with Crippen LogP contribution in [-0.4, -0.2) is 31.5 Å². The lowest BCUT2D eigenvalue weighted by atomic mass is 10.1. The number of ether oxygens (including phenoxy) is 1. The molecule has 1 aliphatic heterocycles. The number of nitrogens with one attached hydrogen (secondary N) is 1. The van der Waals surface area contributed by atoms with E-state index in [2.05, 4.69) is 5.32 Å². The van der Waals surface area contributed by atoms with Crippen molar-refractivity contribution in [2.45, 2.75) is 25.3 Å². The Kier molecular flexibility index (Phi) is 4.93. The zero-order valence-corrected chi connectivity index (χ0v) is 13.2. The van der Waals surface area contributed by atoms with E-state index in [0.29, 0.717) is 17.1 Å². The van der Waals surface area contributed by atoms with Crippen LogP contribution in [0.4, 0.5) is 11.4 Å². The molecule has 1 heterocycles. The van der Waals surface area contributed by atoms with Gasteiger partial charge in [0, 0.05) is 24.7 Å². The zero-order valence-electron chi connectivity index (χ0n) is 12.4. The molecule has 1 aromatic rings. The molecule has 7 heteroatoms. The number of halogens is 1. The highest BCUT2D eigenvalue weighted by molar-refractivity contribution is 5.99. The fourth-order valence-electron chi connectivity index (χ4n) is 2.85. The maximum atomic E-state index is 12.2. The molecule has 1 aliphatic carbocycles. The second kappa shape index (κ2) is 6.54. The third kappa shape index (κ3) is 3.18. The first kappa shape index (κ1) is 16.6. The van der Waals surface area contributed by atoms with Crippen LogP contribution in [0.1, 0.15) is 19.3 Å². The van der Waals surface area contributed by atoms with E-state index in [1.807, 2.05) is 0 Å². The van der Waals surface area contributed by atoms with Gasteiger partial charge in [-0.25, -0.2) is 0 Å². The Morgan fingerprint density at radius 2 is 2.18 bits per heavy atom. The number of carbonyl (C=O) groups excluding carboxylic acids is 2. The maximum Gasteiger partial charge on any atom is 0.264 e. The molecule has 120 valence electrons. The van der Waals surface area contributed by atoms with Crippen LogP contribution >= 0.6 is 12.4 Å². The Labute approximate surface area is 135 Å². The van der Waals surface area contributed by atoms with Crippen molar-refractivity contribution in [3.8, 4) is 5.75 Å². The van der Waals surface area contributed by atoms with Crippen molar-refractivity contribution in [3.63, 3.8) is 0 Å². The van der Waals surface area contributed by atoms with Crippen molar-refractivity contribution in [3.05, 3.63) is 18.2 Å². The Morgan fingerprint density at radius 1 is 1.41 bits per heavy atom. The van der Waals surface area contributed by atoms with Crippen LogP contribution < -0.4 is 20.7 Å². The summed E-state index contributed by atoms with van der Waals surface area (Å²) in [6.45, 7) is 0.0508. The molecule has 2 unspecified atom stereocenters. The van der Waals surface area contributed by atoms with Crippen molar-refractivity contribution in [2.24, 2.45) is 11.7 Å². The summed E-state index contributed by atoms with van der Waals surface area (Å²) in [5.74, 6) is 0.519. The minimum absolute atomic E-state index is 0. The van der Waals surface area contributed by atoms with Crippen LogP contribution in [0.15, 0.2) is 18.2 Å². The highest BCUT2D eigenvalue weighted by atomic mass is 35.5. The van der Waals surface area contributed by atoms with Gasteiger partial charge in [0.1, 0.15) is 5.75 Å². The van der Waals surface area contributed by atoms with E-state index < -0.39 is 0 Å². The molecule has 1 aromatic carbocycles. The van der Waals surface area contributed by atoms with Crippen LogP contribution in [0.2, 0.25) is 0 Å². The Balaban J connectivity index is 0.00000176. The van der Waals surface area contributed by atoms with Gasteiger partial charge >= 0.3 is 0 Å². The number of fused-ring (bicyclic) bond motifs is 1. The number of likely N-dealkylation sites (N-methyl/N-ethyl adjacent to an activating group) is 1. The standard InChI is InChI=1S/C15H19N3O3.ClH/c1-18-12-7-11(4-5-13(12)21-8-14(18)19)17-15(20)9-2-3-10(16)6-9;/h4-5,7,9-10H,2-3,6,8,16H2,1H3,(H,17,20);1H. The molecule has 0 radical (unpaired) electrons. The van der Waals surface area contributed by atoms with E-state index >= 15 is 0 Å². The van der Waals surface area contributed by atoms with Crippen LogP contribution in [-0.2, 0) is 9.59 Å². The molecule has 22 heavy (non-hydrogen) atoms. The topological polar surface area (TPSA) is 84.7 Å². The van der Waals surface area contributed by atoms with Crippen LogP contribution in [0.25, 0.3) is 0 Å². The van der Waals surface area contributed by atoms with Gasteiger partial charge in [0.25, 0.3) is 5.91 Å². The molecule has 0 spiro atoms. The van der Waals surface area contributed by atoms with Gasteiger partial charge in [-0.3, -0.25) is 9.59 Å². The quantitative estimate of drug-likeness (QED) is 0.863. The number of rotatable bonds is 2. The fraction of sp³-hybridized carbons (Fsp3) is 0.467. The number of nitrogens with zero attached hydrogens (tertiary/aromatic N) is 1. The van der Waals surface area contributed by atoms with E-state index in [-0.39, 0.29) is 42.8 Å². The predicted octanol–water partition coefficient (Wildman–Crippen LogP) is 1.53. The zero-order chi connectivity index (χ0) is 15.0. The highest BCUT2D eigenvalue weighted by Crippen LogP contribution is 2.34. The van der Waals surface area contributed by atoms with E-state index in [1.165, 1.54) is 0 Å². The van der Waals surface area contributed by atoms with Crippen molar-refractivity contribution < 1.29 is 14.3 Å². The van der Waals surface area contributed by atoms with Gasteiger partial charge in [0.05, 0.1) is 5.69 Å². The third-order valence-electron chi connectivity index (χ3n) is 4.16. The number of hydrogen-bond donors (Lipinski definition) is 2. The molecule has 2 amide bonds. The summed E-state index contributed by atoms with van der Waals surface area (Å²) in [5, 5.41) is 2.90. The first-order valence-electron chi connectivity index (χ1n) is 7.14. The summed E-state index contributed by atoms with van der Waals surface area (Å²) in [5.41, 5.74) is 7.18. The summed E-state index contributed by atoms with van der Waals surface area (Å²) in [4.78, 5) is 25.4. The van der Waals surface area contributed by atoms with E-state index in [1.54, 1.807) is 30.1 Å². The van der Waals surface area contributed by atoms with Crippen molar-refractivity contribution >= 4 is 35.6 Å². The average molecular weight is 326 g/mol. The number of carbonyl (C=O) groups is 2. The maximum absolute atomic E-state index is 12.2. The van der Waals surface area contributed by atoms with E-state index in [9.17, 15) is 9.59 Å². The van der Waals surface area contributed by atoms with Gasteiger partial charge in [-0.15, -0.1) is 12.4 Å². The second-order valence-corrected chi connectivity index (χ2v) is 5.68. The van der Waals surface area contributed by atoms with Crippen molar-refractivity contribution in [2.75, 3.05) is 23.9 Å². The number of hydrogen-bond acceptors (Lipinski definition) is 4. The highest BCUT2D eigenvalue weighted by Gasteiger charge is 2.28. The number of amides is 2. The first-order chi connectivity index (χ1) is 10.0. The number of nitrogens with two attached hydrogens (primary N) is 1. The molecule has 0 saturated heterocycles. The van der Waals surface area contributed by atoms with Gasteiger partial charge in [0.2, 0.25) is 5.91 Å². The molecule has 2 aliphatic rings. The normalized spacial score (nSPS) is 23.4. The molecule has 2 atom stereocenters. The lowest BCUT2D eigenvalue weighted by Crippen LogP contribution is -2.35. The molecule has 1 saturated carbocycles. The molecular formula is C15H20ClN3O3. The SMILES string of the molecule is CN1C(=O)COc2ccc(NC(=O)C3CCC(N)C3)cc21.Cl. The molecule has 0 bridgehead atoms. The van der Waals surface area contributed by atoms with Crippen molar-refractivity contribution in [1.82, 2.24) is 0 Å². The summed E-state index contributed by atoms with van der Waals surface area (Å²) >= 11 is 0. The van der Waals surface area contributed by atoms with Crippen LogP contribution in [0.3, 0.4) is 0 Å². The minimum atomic E-state index is -0.104. The average Bonchev–Trinajstić information content (AvgIpc) is 2.90. The Bertz CT molecular complexity index is 593. The summed E-state index contributed by atoms with van der Waals surface area (Å²) in [6, 6.07) is 5.45. The number of anilines is 2. The molecule has 1 fully saturated rings. The summed E-state index contributed by atoms with van der Waals surface area (Å²) < 4.78 is 5.36. The lowest BCUT2D eigenvalue weighted by Gasteiger charge is -2.26. The largest absolute Gasteiger partial charge is 0.482 e. The third-order valence-corrected chi connectivity index (χ3v) is 4.16. The van der Waals surface area contributed by atoms with Gasteiger partial charge in [-0.1, -0.05) is 0 Å². The molecule has 0 aromatic heterocycles. The van der Waals surface area contributed by atoms with Crippen LogP contribution in [0.5, 0.6) is 5.75 Å². The minimum Gasteiger partial charge on any atom is -0.482 e. The molecule has 3 N–H and O–H groups in total.